The summed E-state index contributed by atoms with van der Waals surface area (Å²) < 4.78 is 73.0. The van der Waals surface area contributed by atoms with Crippen LogP contribution in [-0.2, 0) is 14.8 Å². The highest BCUT2D eigenvalue weighted by molar-refractivity contribution is 9.10. The lowest BCUT2D eigenvalue weighted by Gasteiger charge is -2.12. The molecule has 4 nitrogen and oxygen atoms in total. The van der Waals surface area contributed by atoms with Crippen molar-refractivity contribution in [2.24, 2.45) is 0 Å². The summed E-state index contributed by atoms with van der Waals surface area (Å²) in [5.74, 6) is -3.10. The maximum Gasteiger partial charge on any atom is 0.245 e. The molecule has 0 fully saturated rings. The molecule has 0 saturated carbocycles. The standard InChI is InChI=1S/C14H11BrF3NO3S/c1-22-7-19-23(20,21)12-6-8(16)5-10(14(12)18)9-3-2-4-11(15)13(9)17/h2-6,19H,7H2,1H3. The Balaban J connectivity index is 2.67. The molecule has 0 heterocycles. The van der Waals surface area contributed by atoms with Crippen molar-refractivity contribution in [1.29, 1.82) is 0 Å². The summed E-state index contributed by atoms with van der Waals surface area (Å²) in [6, 6.07) is 5.27. The number of rotatable bonds is 5. The topological polar surface area (TPSA) is 55.4 Å². The van der Waals surface area contributed by atoms with Gasteiger partial charge >= 0.3 is 0 Å². The second-order valence-corrected chi connectivity index (χ2v) is 7.04. The number of halogens is 4. The quantitative estimate of drug-likeness (QED) is 0.769. The molecule has 0 aliphatic carbocycles. The van der Waals surface area contributed by atoms with Crippen LogP contribution in [-0.4, -0.2) is 22.3 Å². The molecule has 9 heteroatoms. The Labute approximate surface area is 139 Å². The normalized spacial score (nSPS) is 11.7. The Morgan fingerprint density at radius 1 is 1.13 bits per heavy atom. The fourth-order valence-corrected chi connectivity index (χ4v) is 3.29. The van der Waals surface area contributed by atoms with Crippen molar-refractivity contribution in [3.63, 3.8) is 0 Å². The van der Waals surface area contributed by atoms with Gasteiger partial charge in [0.1, 0.15) is 23.3 Å². The Hall–Kier alpha value is -1.42. The van der Waals surface area contributed by atoms with Crippen molar-refractivity contribution in [3.05, 3.63) is 52.3 Å². The molecule has 23 heavy (non-hydrogen) atoms. The highest BCUT2D eigenvalue weighted by Crippen LogP contribution is 2.33. The minimum Gasteiger partial charge on any atom is -0.369 e. The second kappa shape index (κ2) is 7.00. The number of sulfonamides is 1. The van der Waals surface area contributed by atoms with Gasteiger partial charge in [-0.15, -0.1) is 0 Å². The van der Waals surface area contributed by atoms with Gasteiger partial charge in [0.2, 0.25) is 10.0 Å². The van der Waals surface area contributed by atoms with Gasteiger partial charge in [-0.05, 0) is 34.1 Å². The van der Waals surface area contributed by atoms with Crippen LogP contribution in [0.4, 0.5) is 13.2 Å². The predicted molar refractivity (Wildman–Crippen MR) is 81.6 cm³/mol. The number of benzene rings is 2. The van der Waals surface area contributed by atoms with Crippen LogP contribution in [0.2, 0.25) is 0 Å². The van der Waals surface area contributed by atoms with Gasteiger partial charge in [0.25, 0.3) is 0 Å². The van der Waals surface area contributed by atoms with E-state index in [0.717, 1.165) is 6.07 Å². The number of methoxy groups -OCH3 is 1. The van der Waals surface area contributed by atoms with Gasteiger partial charge in [-0.25, -0.2) is 21.6 Å². The van der Waals surface area contributed by atoms with Gasteiger partial charge < -0.3 is 4.74 Å². The average molecular weight is 410 g/mol. The molecule has 0 spiro atoms. The number of nitrogens with one attached hydrogen (secondary N) is 1. The van der Waals surface area contributed by atoms with Crippen molar-refractivity contribution in [3.8, 4) is 11.1 Å². The van der Waals surface area contributed by atoms with Gasteiger partial charge in [-0.3, -0.25) is 0 Å². The molecule has 2 aromatic rings. The number of hydrogen-bond donors (Lipinski definition) is 1. The Morgan fingerprint density at radius 2 is 1.83 bits per heavy atom. The van der Waals surface area contributed by atoms with Crippen molar-refractivity contribution in [2.45, 2.75) is 4.90 Å². The van der Waals surface area contributed by atoms with E-state index in [9.17, 15) is 21.6 Å². The highest BCUT2D eigenvalue weighted by atomic mass is 79.9. The molecule has 2 aromatic carbocycles. The van der Waals surface area contributed by atoms with Crippen molar-refractivity contribution in [1.82, 2.24) is 4.72 Å². The molecule has 0 aliphatic rings. The molecule has 2 rings (SSSR count). The first-order valence-electron chi connectivity index (χ1n) is 6.20. The lowest BCUT2D eigenvalue weighted by Crippen LogP contribution is -2.26. The van der Waals surface area contributed by atoms with Gasteiger partial charge in [0.05, 0.1) is 4.47 Å². The Kier molecular flexibility index (Phi) is 5.45. The zero-order valence-electron chi connectivity index (χ0n) is 11.7. The third kappa shape index (κ3) is 3.74. The maximum atomic E-state index is 14.6. The predicted octanol–water partition coefficient (Wildman–Crippen LogP) is 3.42. The van der Waals surface area contributed by atoms with Gasteiger partial charge in [0.15, 0.2) is 5.82 Å². The zero-order chi connectivity index (χ0) is 17.2. The summed E-state index contributed by atoms with van der Waals surface area (Å²) in [6.07, 6.45) is 0. The molecule has 0 unspecified atom stereocenters. The highest BCUT2D eigenvalue weighted by Gasteiger charge is 2.24. The average Bonchev–Trinajstić information content (AvgIpc) is 2.50. The molecule has 124 valence electrons. The van der Waals surface area contributed by atoms with Crippen molar-refractivity contribution < 1.29 is 26.3 Å². The minimum absolute atomic E-state index is 0.0422. The third-order valence-electron chi connectivity index (χ3n) is 2.93. The molecule has 0 bridgehead atoms. The van der Waals surface area contributed by atoms with Gasteiger partial charge in [-0.1, -0.05) is 12.1 Å². The third-order valence-corrected chi connectivity index (χ3v) is 4.92. The van der Waals surface area contributed by atoms with E-state index < -0.39 is 44.7 Å². The summed E-state index contributed by atoms with van der Waals surface area (Å²) in [5, 5.41) is 0. The van der Waals surface area contributed by atoms with Crippen LogP contribution in [0.15, 0.2) is 39.7 Å². The van der Waals surface area contributed by atoms with E-state index in [1.807, 2.05) is 4.72 Å². The zero-order valence-corrected chi connectivity index (χ0v) is 14.1. The summed E-state index contributed by atoms with van der Waals surface area (Å²) in [7, 11) is -3.12. The second-order valence-electron chi connectivity index (χ2n) is 4.45. The SMILES string of the molecule is COCNS(=O)(=O)c1cc(F)cc(-c2cccc(Br)c2F)c1F. The lowest BCUT2D eigenvalue weighted by molar-refractivity contribution is 0.194. The van der Waals surface area contributed by atoms with Gasteiger partial charge in [-0.2, -0.15) is 4.72 Å². The van der Waals surface area contributed by atoms with Crippen molar-refractivity contribution >= 4 is 26.0 Å². The van der Waals surface area contributed by atoms with Crippen LogP contribution in [0.3, 0.4) is 0 Å². The fraction of sp³-hybridized carbons (Fsp3) is 0.143. The van der Waals surface area contributed by atoms with Gasteiger partial charge in [0, 0.05) is 18.2 Å². The van der Waals surface area contributed by atoms with E-state index in [4.69, 9.17) is 0 Å². The van der Waals surface area contributed by atoms with Crippen LogP contribution >= 0.6 is 15.9 Å². The molecule has 0 aromatic heterocycles. The maximum absolute atomic E-state index is 14.6. The number of hydrogen-bond acceptors (Lipinski definition) is 3. The van der Waals surface area contributed by atoms with E-state index in [1.165, 1.54) is 25.3 Å². The molecule has 0 atom stereocenters. The van der Waals surface area contributed by atoms with Crippen LogP contribution in [0.25, 0.3) is 11.1 Å². The Morgan fingerprint density at radius 3 is 2.48 bits per heavy atom. The summed E-state index contributed by atoms with van der Waals surface area (Å²) in [5.41, 5.74) is -0.763. The lowest BCUT2D eigenvalue weighted by atomic mass is 10.0. The molecule has 0 aliphatic heterocycles. The van der Waals surface area contributed by atoms with Crippen LogP contribution in [0.1, 0.15) is 0 Å². The molecule has 0 saturated heterocycles. The smallest absolute Gasteiger partial charge is 0.245 e. The molecular weight excluding hydrogens is 399 g/mol. The number of ether oxygens (including phenoxy) is 1. The largest absolute Gasteiger partial charge is 0.369 e. The molecular formula is C14H11BrF3NO3S. The fourth-order valence-electron chi connectivity index (χ4n) is 1.88. The molecule has 0 radical (unpaired) electrons. The minimum atomic E-state index is -4.35. The molecule has 1 N–H and O–H groups in total. The van der Waals surface area contributed by atoms with E-state index in [-0.39, 0.29) is 10.0 Å². The van der Waals surface area contributed by atoms with Crippen molar-refractivity contribution in [2.75, 3.05) is 13.8 Å². The van der Waals surface area contributed by atoms with E-state index in [1.54, 1.807) is 0 Å². The summed E-state index contributed by atoms with van der Waals surface area (Å²) >= 11 is 2.94. The van der Waals surface area contributed by atoms with E-state index in [0.29, 0.717) is 6.07 Å². The van der Waals surface area contributed by atoms with Crippen LogP contribution < -0.4 is 4.72 Å². The first kappa shape index (κ1) is 17.9. The first-order chi connectivity index (χ1) is 10.8. The molecule has 0 amide bonds. The Bertz CT molecular complexity index is 843. The van der Waals surface area contributed by atoms with Crippen LogP contribution in [0.5, 0.6) is 0 Å². The summed E-state index contributed by atoms with van der Waals surface area (Å²) in [6.45, 7) is -0.418. The van der Waals surface area contributed by atoms with E-state index in [2.05, 4.69) is 20.7 Å². The van der Waals surface area contributed by atoms with E-state index >= 15 is 0 Å². The first-order valence-corrected chi connectivity index (χ1v) is 8.47. The summed E-state index contributed by atoms with van der Waals surface area (Å²) in [4.78, 5) is -0.927. The monoisotopic (exact) mass is 409 g/mol. The van der Waals surface area contributed by atoms with Crippen LogP contribution in [0, 0.1) is 17.5 Å².